The zero-order valence-electron chi connectivity index (χ0n) is 12.6. The molecule has 1 nitrogen and oxygen atoms in total. The molecule has 112 valence electrons. The Hall–Kier alpha value is -0.600. The van der Waals surface area contributed by atoms with Crippen LogP contribution in [0.1, 0.15) is 45.6 Å². The van der Waals surface area contributed by atoms with Gasteiger partial charge in [0, 0.05) is 6.04 Å². The van der Waals surface area contributed by atoms with Gasteiger partial charge >= 0.3 is 0 Å². The van der Waals surface area contributed by atoms with Crippen molar-refractivity contribution in [2.24, 2.45) is 23.0 Å². The van der Waals surface area contributed by atoms with Crippen LogP contribution in [0.3, 0.4) is 0 Å². The van der Waals surface area contributed by atoms with Gasteiger partial charge in [0.05, 0.1) is 5.02 Å². The highest BCUT2D eigenvalue weighted by Crippen LogP contribution is 2.42. The molecule has 0 aliphatic heterocycles. The number of rotatable bonds is 3. The molecule has 3 heteroatoms. The zero-order chi connectivity index (χ0) is 14.9. The van der Waals surface area contributed by atoms with Crippen molar-refractivity contribution in [3.63, 3.8) is 0 Å². The van der Waals surface area contributed by atoms with Gasteiger partial charge < -0.3 is 5.73 Å². The first-order valence-corrected chi connectivity index (χ1v) is 7.87. The zero-order valence-corrected chi connectivity index (χ0v) is 13.4. The van der Waals surface area contributed by atoms with Gasteiger partial charge in [-0.15, -0.1) is 0 Å². The third kappa shape index (κ3) is 3.35. The van der Waals surface area contributed by atoms with Gasteiger partial charge in [-0.1, -0.05) is 50.9 Å². The van der Waals surface area contributed by atoms with E-state index in [2.05, 4.69) is 20.8 Å². The normalized spacial score (nSPS) is 27.6. The van der Waals surface area contributed by atoms with Crippen molar-refractivity contribution in [1.82, 2.24) is 0 Å². The van der Waals surface area contributed by atoms with Gasteiger partial charge in [0.1, 0.15) is 5.82 Å². The van der Waals surface area contributed by atoms with E-state index in [-0.39, 0.29) is 22.3 Å². The maximum atomic E-state index is 14.1. The third-order valence-corrected chi connectivity index (χ3v) is 5.14. The molecule has 0 saturated heterocycles. The molecule has 0 amide bonds. The Morgan fingerprint density at radius 1 is 1.35 bits per heavy atom. The Morgan fingerprint density at radius 3 is 2.70 bits per heavy atom. The molecule has 1 saturated carbocycles. The second-order valence-electron chi connectivity index (χ2n) is 7.07. The molecule has 1 aliphatic rings. The molecule has 2 rings (SSSR count). The van der Waals surface area contributed by atoms with Crippen LogP contribution >= 0.6 is 11.6 Å². The summed E-state index contributed by atoms with van der Waals surface area (Å²) in [6.07, 6.45) is 4.12. The van der Waals surface area contributed by atoms with Gasteiger partial charge in [-0.3, -0.25) is 0 Å². The van der Waals surface area contributed by atoms with Crippen LogP contribution in [0.5, 0.6) is 0 Å². The lowest BCUT2D eigenvalue weighted by Crippen LogP contribution is -2.44. The summed E-state index contributed by atoms with van der Waals surface area (Å²) < 4.78 is 14.1. The van der Waals surface area contributed by atoms with Crippen LogP contribution in [0.2, 0.25) is 5.02 Å². The molecule has 1 fully saturated rings. The standard InChI is InChI=1S/C17H25ClFN/c1-11-7-8-13(15(20)9-11)17(2,3)10-12-5-4-6-14(18)16(12)19/h4-6,11,13,15H,7-10,20H2,1-3H3. The Labute approximate surface area is 126 Å². The largest absolute Gasteiger partial charge is 0.327 e. The topological polar surface area (TPSA) is 26.0 Å². The van der Waals surface area contributed by atoms with E-state index < -0.39 is 0 Å². The van der Waals surface area contributed by atoms with Gasteiger partial charge in [-0.05, 0) is 48.1 Å². The monoisotopic (exact) mass is 297 g/mol. The lowest BCUT2D eigenvalue weighted by Gasteiger charge is -2.43. The van der Waals surface area contributed by atoms with E-state index in [1.54, 1.807) is 6.07 Å². The molecule has 2 N–H and O–H groups in total. The average molecular weight is 298 g/mol. The van der Waals surface area contributed by atoms with E-state index in [1.807, 2.05) is 12.1 Å². The molecule has 0 spiro atoms. The highest BCUT2D eigenvalue weighted by atomic mass is 35.5. The van der Waals surface area contributed by atoms with Crippen LogP contribution in [0, 0.1) is 23.1 Å². The summed E-state index contributed by atoms with van der Waals surface area (Å²) in [6, 6.07) is 5.47. The van der Waals surface area contributed by atoms with Gasteiger partial charge in [-0.2, -0.15) is 0 Å². The highest BCUT2D eigenvalue weighted by molar-refractivity contribution is 6.30. The molecular formula is C17H25ClFN. The SMILES string of the molecule is CC1CCC(C(C)(C)Cc2cccc(Cl)c2F)C(N)C1. The molecule has 3 unspecified atom stereocenters. The lowest BCUT2D eigenvalue weighted by molar-refractivity contribution is 0.112. The minimum absolute atomic E-state index is 0.00885. The summed E-state index contributed by atoms with van der Waals surface area (Å²) in [5, 5.41) is 0.208. The number of benzene rings is 1. The first-order chi connectivity index (χ1) is 9.31. The smallest absolute Gasteiger partial charge is 0.144 e. The first-order valence-electron chi connectivity index (χ1n) is 7.49. The molecule has 0 aromatic heterocycles. The van der Waals surface area contributed by atoms with E-state index in [9.17, 15) is 4.39 Å². The van der Waals surface area contributed by atoms with Crippen molar-refractivity contribution < 1.29 is 4.39 Å². The fourth-order valence-corrected chi connectivity index (χ4v) is 3.90. The molecule has 0 radical (unpaired) electrons. The van der Waals surface area contributed by atoms with Gasteiger partial charge in [-0.25, -0.2) is 4.39 Å². The Morgan fingerprint density at radius 2 is 2.05 bits per heavy atom. The summed E-state index contributed by atoms with van der Waals surface area (Å²) >= 11 is 5.88. The number of hydrogen-bond acceptors (Lipinski definition) is 1. The van der Waals surface area contributed by atoms with Crippen molar-refractivity contribution in [1.29, 1.82) is 0 Å². The fourth-order valence-electron chi connectivity index (χ4n) is 3.70. The summed E-state index contributed by atoms with van der Waals surface area (Å²) in [6.45, 7) is 6.67. The minimum Gasteiger partial charge on any atom is -0.327 e. The quantitative estimate of drug-likeness (QED) is 0.851. The van der Waals surface area contributed by atoms with E-state index in [0.717, 1.165) is 12.8 Å². The number of nitrogens with two attached hydrogens (primary N) is 1. The third-order valence-electron chi connectivity index (χ3n) is 4.84. The molecule has 1 aromatic carbocycles. The predicted molar refractivity (Wildman–Crippen MR) is 83.4 cm³/mol. The molecule has 0 heterocycles. The van der Waals surface area contributed by atoms with E-state index >= 15 is 0 Å². The summed E-state index contributed by atoms with van der Waals surface area (Å²) in [7, 11) is 0. The van der Waals surface area contributed by atoms with Crippen LogP contribution in [0.25, 0.3) is 0 Å². The predicted octanol–water partition coefficient (Wildman–Crippen LogP) is 4.81. The molecule has 1 aliphatic carbocycles. The van der Waals surface area contributed by atoms with Crippen LogP contribution in [0.4, 0.5) is 4.39 Å². The van der Waals surface area contributed by atoms with E-state index in [1.165, 1.54) is 6.42 Å². The summed E-state index contributed by atoms with van der Waals surface area (Å²) in [5.74, 6) is 0.872. The van der Waals surface area contributed by atoms with Crippen molar-refractivity contribution in [3.8, 4) is 0 Å². The molecule has 20 heavy (non-hydrogen) atoms. The second kappa shape index (κ2) is 6.03. The Balaban J connectivity index is 2.16. The van der Waals surface area contributed by atoms with Gasteiger partial charge in [0.2, 0.25) is 0 Å². The highest BCUT2D eigenvalue weighted by Gasteiger charge is 2.37. The molecule has 3 atom stereocenters. The van der Waals surface area contributed by atoms with E-state index in [0.29, 0.717) is 23.8 Å². The summed E-state index contributed by atoms with van der Waals surface area (Å²) in [4.78, 5) is 0. The van der Waals surface area contributed by atoms with Gasteiger partial charge in [0.25, 0.3) is 0 Å². The molecular weight excluding hydrogens is 273 g/mol. The minimum atomic E-state index is -0.278. The molecule has 0 bridgehead atoms. The first kappa shape index (κ1) is 15.8. The van der Waals surface area contributed by atoms with Crippen LogP contribution in [-0.4, -0.2) is 6.04 Å². The second-order valence-corrected chi connectivity index (χ2v) is 7.47. The van der Waals surface area contributed by atoms with Crippen LogP contribution < -0.4 is 5.73 Å². The van der Waals surface area contributed by atoms with Crippen LogP contribution in [-0.2, 0) is 6.42 Å². The lowest BCUT2D eigenvalue weighted by atomic mass is 9.64. The maximum Gasteiger partial charge on any atom is 0.144 e. The van der Waals surface area contributed by atoms with Crippen molar-refractivity contribution in [3.05, 3.63) is 34.6 Å². The Kier molecular flexibility index (Phi) is 4.76. The van der Waals surface area contributed by atoms with Crippen molar-refractivity contribution >= 4 is 11.6 Å². The van der Waals surface area contributed by atoms with Crippen LogP contribution in [0.15, 0.2) is 18.2 Å². The molecule has 1 aromatic rings. The average Bonchev–Trinajstić information content (AvgIpc) is 2.34. The van der Waals surface area contributed by atoms with Gasteiger partial charge in [0.15, 0.2) is 0 Å². The van der Waals surface area contributed by atoms with Crippen molar-refractivity contribution in [2.45, 2.75) is 52.5 Å². The Bertz CT molecular complexity index is 472. The maximum absolute atomic E-state index is 14.1. The van der Waals surface area contributed by atoms with E-state index in [4.69, 9.17) is 17.3 Å². The fraction of sp³-hybridized carbons (Fsp3) is 0.647. The summed E-state index contributed by atoms with van der Waals surface area (Å²) in [5.41, 5.74) is 7.05. The number of halogens is 2. The van der Waals surface area contributed by atoms with Crippen molar-refractivity contribution in [2.75, 3.05) is 0 Å². The number of hydrogen-bond donors (Lipinski definition) is 1.